The fourth-order valence-corrected chi connectivity index (χ4v) is 2.08. The Morgan fingerprint density at radius 3 is 2.83 bits per heavy atom. The van der Waals surface area contributed by atoms with E-state index in [9.17, 15) is 0 Å². The molecule has 2 rings (SSSR count). The van der Waals surface area contributed by atoms with Crippen LogP contribution >= 0.6 is 15.9 Å². The number of hydrogen-bond donors (Lipinski definition) is 1. The number of nitrogens with zero attached hydrogens (tertiary/aromatic N) is 2. The zero-order chi connectivity index (χ0) is 13.0. The minimum atomic E-state index is 0.754. The Labute approximate surface area is 115 Å². The summed E-state index contributed by atoms with van der Waals surface area (Å²) in [7, 11) is 3.59. The van der Waals surface area contributed by atoms with Crippen LogP contribution in [0.3, 0.4) is 0 Å². The molecule has 4 nitrogen and oxygen atoms in total. The average molecular weight is 310 g/mol. The van der Waals surface area contributed by atoms with E-state index in [1.54, 1.807) is 11.8 Å². The highest BCUT2D eigenvalue weighted by Crippen LogP contribution is 2.22. The molecule has 2 aromatic rings. The second-order valence-electron chi connectivity index (χ2n) is 4.04. The van der Waals surface area contributed by atoms with Crippen LogP contribution in [-0.4, -0.2) is 16.9 Å². The average Bonchev–Trinajstić information content (AvgIpc) is 2.77. The van der Waals surface area contributed by atoms with Crippen molar-refractivity contribution in [2.75, 3.05) is 7.11 Å². The van der Waals surface area contributed by atoms with Crippen LogP contribution in [0.4, 0.5) is 0 Å². The Morgan fingerprint density at radius 1 is 1.33 bits per heavy atom. The lowest BCUT2D eigenvalue weighted by atomic mass is 10.2. The summed E-state index contributed by atoms with van der Waals surface area (Å²) in [6.45, 7) is 1.53. The number of nitrogens with one attached hydrogen (secondary N) is 1. The van der Waals surface area contributed by atoms with E-state index in [4.69, 9.17) is 4.74 Å². The molecule has 0 radical (unpaired) electrons. The standard InChI is InChI=1S/C13H16BrN3O/c1-17-6-5-11(16-17)9-15-8-10-7-12(18-2)3-4-13(10)14/h3-7,15H,8-9H2,1-2H3. The number of aromatic nitrogens is 2. The fourth-order valence-electron chi connectivity index (χ4n) is 1.70. The Morgan fingerprint density at radius 2 is 2.17 bits per heavy atom. The van der Waals surface area contributed by atoms with Gasteiger partial charge in [0, 0.05) is 30.8 Å². The molecule has 0 spiro atoms. The maximum absolute atomic E-state index is 5.21. The number of rotatable bonds is 5. The molecule has 0 bridgehead atoms. The lowest BCUT2D eigenvalue weighted by Crippen LogP contribution is -2.13. The summed E-state index contributed by atoms with van der Waals surface area (Å²) in [6, 6.07) is 7.96. The molecule has 1 N–H and O–H groups in total. The second kappa shape index (κ2) is 6.02. The van der Waals surface area contributed by atoms with Crippen molar-refractivity contribution in [2.45, 2.75) is 13.1 Å². The van der Waals surface area contributed by atoms with Crippen molar-refractivity contribution in [2.24, 2.45) is 7.05 Å². The van der Waals surface area contributed by atoms with Gasteiger partial charge in [-0.25, -0.2) is 0 Å². The number of methoxy groups -OCH3 is 1. The van der Waals surface area contributed by atoms with E-state index >= 15 is 0 Å². The number of hydrogen-bond acceptors (Lipinski definition) is 3. The largest absolute Gasteiger partial charge is 0.497 e. The second-order valence-corrected chi connectivity index (χ2v) is 4.90. The van der Waals surface area contributed by atoms with Gasteiger partial charge in [0.15, 0.2) is 0 Å². The first-order valence-corrected chi connectivity index (χ1v) is 6.50. The molecule has 96 valence electrons. The molecule has 1 heterocycles. The third-order valence-corrected chi connectivity index (χ3v) is 3.42. The van der Waals surface area contributed by atoms with E-state index < -0.39 is 0 Å². The van der Waals surface area contributed by atoms with E-state index in [-0.39, 0.29) is 0 Å². The molecular weight excluding hydrogens is 294 g/mol. The van der Waals surface area contributed by atoms with Crippen LogP contribution in [0.25, 0.3) is 0 Å². The molecule has 0 aliphatic rings. The topological polar surface area (TPSA) is 39.1 Å². The zero-order valence-electron chi connectivity index (χ0n) is 10.5. The van der Waals surface area contributed by atoms with Crippen molar-refractivity contribution in [1.82, 2.24) is 15.1 Å². The van der Waals surface area contributed by atoms with E-state index in [0.29, 0.717) is 0 Å². The summed E-state index contributed by atoms with van der Waals surface area (Å²) in [5, 5.41) is 7.68. The van der Waals surface area contributed by atoms with Crippen LogP contribution < -0.4 is 10.1 Å². The summed E-state index contributed by atoms with van der Waals surface area (Å²) in [6.07, 6.45) is 1.94. The van der Waals surface area contributed by atoms with Gasteiger partial charge in [-0.1, -0.05) is 15.9 Å². The van der Waals surface area contributed by atoms with E-state index in [1.165, 1.54) is 5.56 Å². The van der Waals surface area contributed by atoms with Crippen molar-refractivity contribution >= 4 is 15.9 Å². The maximum atomic E-state index is 5.21. The van der Waals surface area contributed by atoms with Gasteiger partial charge in [-0.15, -0.1) is 0 Å². The van der Waals surface area contributed by atoms with Gasteiger partial charge in [0.05, 0.1) is 12.8 Å². The normalized spacial score (nSPS) is 10.6. The van der Waals surface area contributed by atoms with Crippen molar-refractivity contribution < 1.29 is 4.74 Å². The minimum Gasteiger partial charge on any atom is -0.497 e. The lowest BCUT2D eigenvalue weighted by Gasteiger charge is -2.08. The highest BCUT2D eigenvalue weighted by molar-refractivity contribution is 9.10. The number of halogens is 1. The van der Waals surface area contributed by atoms with Crippen LogP contribution in [0.1, 0.15) is 11.3 Å². The van der Waals surface area contributed by atoms with Crippen LogP contribution in [-0.2, 0) is 20.1 Å². The highest BCUT2D eigenvalue weighted by Gasteiger charge is 2.02. The molecule has 1 aromatic carbocycles. The SMILES string of the molecule is COc1ccc(Br)c(CNCc2ccn(C)n2)c1. The zero-order valence-corrected chi connectivity index (χ0v) is 12.1. The van der Waals surface area contributed by atoms with Crippen molar-refractivity contribution in [1.29, 1.82) is 0 Å². The molecule has 0 saturated carbocycles. The Hall–Kier alpha value is -1.33. The predicted octanol–water partition coefficient (Wildman–Crippen LogP) is 2.48. The molecule has 0 atom stereocenters. The van der Waals surface area contributed by atoms with Crippen molar-refractivity contribution in [3.8, 4) is 5.75 Å². The first-order valence-electron chi connectivity index (χ1n) is 5.70. The van der Waals surface area contributed by atoms with Crippen LogP contribution in [0.2, 0.25) is 0 Å². The van der Waals surface area contributed by atoms with Gasteiger partial charge < -0.3 is 10.1 Å². The Balaban J connectivity index is 1.93. The summed E-state index contributed by atoms with van der Waals surface area (Å²) >= 11 is 3.53. The lowest BCUT2D eigenvalue weighted by molar-refractivity contribution is 0.414. The van der Waals surface area contributed by atoms with Crippen LogP contribution in [0, 0.1) is 0 Å². The number of aryl methyl sites for hydroxylation is 1. The number of benzene rings is 1. The molecule has 5 heteroatoms. The quantitative estimate of drug-likeness (QED) is 0.922. The van der Waals surface area contributed by atoms with E-state index in [1.807, 2.05) is 37.5 Å². The summed E-state index contributed by atoms with van der Waals surface area (Å²) in [5.41, 5.74) is 2.21. The smallest absolute Gasteiger partial charge is 0.119 e. The van der Waals surface area contributed by atoms with Gasteiger partial charge in [0.1, 0.15) is 5.75 Å². The van der Waals surface area contributed by atoms with Crippen LogP contribution in [0.15, 0.2) is 34.9 Å². The Kier molecular flexibility index (Phi) is 4.38. The van der Waals surface area contributed by atoms with Gasteiger partial charge in [-0.05, 0) is 29.8 Å². The molecular formula is C13H16BrN3O. The van der Waals surface area contributed by atoms with Gasteiger partial charge in [-0.2, -0.15) is 5.10 Å². The van der Waals surface area contributed by atoms with Gasteiger partial charge in [0.2, 0.25) is 0 Å². The highest BCUT2D eigenvalue weighted by atomic mass is 79.9. The molecule has 0 amide bonds. The first-order chi connectivity index (χ1) is 8.69. The van der Waals surface area contributed by atoms with Crippen LogP contribution in [0.5, 0.6) is 5.75 Å². The first kappa shape index (κ1) is 13.1. The molecule has 1 aromatic heterocycles. The summed E-state index contributed by atoms with van der Waals surface area (Å²) < 4.78 is 8.10. The number of ether oxygens (including phenoxy) is 1. The van der Waals surface area contributed by atoms with Crippen molar-refractivity contribution in [3.63, 3.8) is 0 Å². The van der Waals surface area contributed by atoms with E-state index in [2.05, 4.69) is 26.3 Å². The third-order valence-electron chi connectivity index (χ3n) is 2.64. The molecule has 18 heavy (non-hydrogen) atoms. The molecule has 0 saturated heterocycles. The summed E-state index contributed by atoms with van der Waals surface area (Å²) in [5.74, 6) is 0.868. The van der Waals surface area contributed by atoms with E-state index in [0.717, 1.165) is 29.0 Å². The molecule has 0 unspecified atom stereocenters. The predicted molar refractivity (Wildman–Crippen MR) is 74.4 cm³/mol. The van der Waals surface area contributed by atoms with Gasteiger partial charge in [-0.3, -0.25) is 4.68 Å². The molecule has 0 fully saturated rings. The Bertz CT molecular complexity index is 525. The minimum absolute atomic E-state index is 0.754. The molecule has 0 aliphatic heterocycles. The van der Waals surface area contributed by atoms with Gasteiger partial charge in [0.25, 0.3) is 0 Å². The third kappa shape index (κ3) is 3.34. The van der Waals surface area contributed by atoms with Crippen molar-refractivity contribution in [3.05, 3.63) is 46.2 Å². The summed E-state index contributed by atoms with van der Waals surface area (Å²) in [4.78, 5) is 0. The van der Waals surface area contributed by atoms with Gasteiger partial charge >= 0.3 is 0 Å². The maximum Gasteiger partial charge on any atom is 0.119 e. The monoisotopic (exact) mass is 309 g/mol. The fraction of sp³-hybridized carbons (Fsp3) is 0.308. The molecule has 0 aliphatic carbocycles.